The van der Waals surface area contributed by atoms with E-state index >= 15 is 0 Å². The molecule has 108 valence electrons. The minimum atomic E-state index is 0.243. The van der Waals surface area contributed by atoms with Crippen molar-refractivity contribution in [1.82, 2.24) is 10.2 Å². The van der Waals surface area contributed by atoms with Crippen molar-refractivity contribution in [2.45, 2.75) is 39.5 Å². The molecule has 0 bridgehead atoms. The van der Waals surface area contributed by atoms with Gasteiger partial charge < -0.3 is 10.4 Å². The van der Waals surface area contributed by atoms with Crippen molar-refractivity contribution in [1.29, 1.82) is 0 Å². The molecule has 0 fully saturated rings. The third-order valence-electron chi connectivity index (χ3n) is 2.93. The normalized spacial score (nSPS) is 11.4. The first-order chi connectivity index (χ1) is 8.70. The predicted molar refractivity (Wildman–Crippen MR) is 79.9 cm³/mol. The van der Waals surface area contributed by atoms with E-state index in [9.17, 15) is 0 Å². The summed E-state index contributed by atoms with van der Waals surface area (Å²) < 4.78 is 0. The lowest BCUT2D eigenvalue weighted by atomic mass is 10.1. The zero-order valence-electron chi connectivity index (χ0n) is 12.3. The van der Waals surface area contributed by atoms with Gasteiger partial charge in [-0.15, -0.1) is 6.58 Å². The summed E-state index contributed by atoms with van der Waals surface area (Å²) in [7, 11) is 0. The van der Waals surface area contributed by atoms with Gasteiger partial charge in [-0.3, -0.25) is 4.90 Å². The van der Waals surface area contributed by atoms with Gasteiger partial charge in [0.05, 0.1) is 6.61 Å². The zero-order chi connectivity index (χ0) is 13.6. The highest BCUT2D eigenvalue weighted by molar-refractivity contribution is 4.73. The summed E-state index contributed by atoms with van der Waals surface area (Å²) in [5, 5.41) is 12.4. The Morgan fingerprint density at radius 1 is 1.17 bits per heavy atom. The maximum Gasteiger partial charge on any atom is 0.0558 e. The molecule has 0 heterocycles. The molecule has 0 aliphatic carbocycles. The lowest BCUT2D eigenvalue weighted by Gasteiger charge is -2.19. The van der Waals surface area contributed by atoms with Gasteiger partial charge in [-0.05, 0) is 38.4 Å². The maximum atomic E-state index is 8.92. The van der Waals surface area contributed by atoms with Gasteiger partial charge in [-0.25, -0.2) is 0 Å². The van der Waals surface area contributed by atoms with E-state index in [1.807, 2.05) is 6.08 Å². The summed E-state index contributed by atoms with van der Waals surface area (Å²) in [5.41, 5.74) is 0. The Labute approximate surface area is 113 Å². The third-order valence-corrected chi connectivity index (χ3v) is 2.93. The van der Waals surface area contributed by atoms with Crippen molar-refractivity contribution in [3.05, 3.63) is 12.7 Å². The molecule has 0 rings (SSSR count). The van der Waals surface area contributed by atoms with Crippen LogP contribution in [-0.4, -0.2) is 49.3 Å². The average molecular weight is 256 g/mol. The fourth-order valence-electron chi connectivity index (χ4n) is 1.95. The third kappa shape index (κ3) is 12.1. The Bertz CT molecular complexity index is 183. The highest BCUT2D eigenvalue weighted by Gasteiger charge is 2.01. The zero-order valence-corrected chi connectivity index (χ0v) is 12.3. The van der Waals surface area contributed by atoms with Crippen LogP contribution in [0.4, 0.5) is 0 Å². The molecule has 0 radical (unpaired) electrons. The van der Waals surface area contributed by atoms with Crippen molar-refractivity contribution in [3.63, 3.8) is 0 Å². The lowest BCUT2D eigenvalue weighted by Crippen LogP contribution is -2.28. The Kier molecular flexibility index (Phi) is 12.8. The Morgan fingerprint density at radius 2 is 1.89 bits per heavy atom. The highest BCUT2D eigenvalue weighted by Crippen LogP contribution is 2.01. The molecule has 0 aromatic heterocycles. The van der Waals surface area contributed by atoms with Crippen LogP contribution in [0, 0.1) is 5.92 Å². The van der Waals surface area contributed by atoms with E-state index in [0.717, 1.165) is 38.6 Å². The second-order valence-electron chi connectivity index (χ2n) is 5.33. The lowest BCUT2D eigenvalue weighted by molar-refractivity contribution is 0.206. The van der Waals surface area contributed by atoms with Gasteiger partial charge in [0.15, 0.2) is 0 Å². The summed E-state index contributed by atoms with van der Waals surface area (Å²) in [6.45, 7) is 13.5. The summed E-state index contributed by atoms with van der Waals surface area (Å²) >= 11 is 0. The largest absolute Gasteiger partial charge is 0.395 e. The molecule has 0 aliphatic rings. The molecule has 3 nitrogen and oxygen atoms in total. The molecule has 0 aromatic carbocycles. The van der Waals surface area contributed by atoms with Crippen LogP contribution in [0.3, 0.4) is 0 Å². The van der Waals surface area contributed by atoms with Crippen molar-refractivity contribution >= 4 is 0 Å². The van der Waals surface area contributed by atoms with E-state index in [2.05, 4.69) is 30.6 Å². The van der Waals surface area contributed by atoms with Crippen molar-refractivity contribution in [3.8, 4) is 0 Å². The van der Waals surface area contributed by atoms with Crippen molar-refractivity contribution in [2.24, 2.45) is 5.92 Å². The Balaban J connectivity index is 3.29. The topological polar surface area (TPSA) is 35.5 Å². The fraction of sp³-hybridized carbons (Fsp3) is 0.867. The molecule has 0 spiro atoms. The van der Waals surface area contributed by atoms with Crippen LogP contribution in [0.1, 0.15) is 39.5 Å². The second kappa shape index (κ2) is 13.1. The van der Waals surface area contributed by atoms with Crippen LogP contribution in [0.15, 0.2) is 12.7 Å². The van der Waals surface area contributed by atoms with Gasteiger partial charge in [0, 0.05) is 13.1 Å². The summed E-state index contributed by atoms with van der Waals surface area (Å²) in [5.74, 6) is 0.746. The number of unbranched alkanes of at least 4 members (excludes halogenated alkanes) is 3. The van der Waals surface area contributed by atoms with Gasteiger partial charge >= 0.3 is 0 Å². The molecule has 2 N–H and O–H groups in total. The van der Waals surface area contributed by atoms with E-state index in [4.69, 9.17) is 5.11 Å². The number of nitrogens with one attached hydrogen (secondary N) is 1. The smallest absolute Gasteiger partial charge is 0.0558 e. The first-order valence-electron chi connectivity index (χ1n) is 7.35. The quantitative estimate of drug-likeness (QED) is 0.392. The molecule has 3 heteroatoms. The number of rotatable bonds is 13. The van der Waals surface area contributed by atoms with Crippen molar-refractivity contribution < 1.29 is 5.11 Å². The first-order valence-corrected chi connectivity index (χ1v) is 7.35. The summed E-state index contributed by atoms with van der Waals surface area (Å²) in [6.07, 6.45) is 6.98. The SMILES string of the molecule is C=CCN(CCO)CCCCCCNCC(C)C. The minimum Gasteiger partial charge on any atom is -0.395 e. The fourth-order valence-corrected chi connectivity index (χ4v) is 1.95. The van der Waals surface area contributed by atoms with E-state index in [-0.39, 0.29) is 6.61 Å². The van der Waals surface area contributed by atoms with Gasteiger partial charge in [0.25, 0.3) is 0 Å². The molecule has 18 heavy (non-hydrogen) atoms. The molecular weight excluding hydrogens is 224 g/mol. The molecule has 0 aromatic rings. The van der Waals surface area contributed by atoms with E-state index in [0.29, 0.717) is 0 Å². The highest BCUT2D eigenvalue weighted by atomic mass is 16.3. The molecule has 0 saturated heterocycles. The number of hydrogen-bond donors (Lipinski definition) is 2. The van der Waals surface area contributed by atoms with E-state index in [1.54, 1.807) is 0 Å². The van der Waals surface area contributed by atoms with Crippen LogP contribution in [-0.2, 0) is 0 Å². The van der Waals surface area contributed by atoms with Gasteiger partial charge in [0.2, 0.25) is 0 Å². The van der Waals surface area contributed by atoms with Crippen LogP contribution >= 0.6 is 0 Å². The van der Waals surface area contributed by atoms with Crippen LogP contribution in [0.2, 0.25) is 0 Å². The molecule has 0 amide bonds. The van der Waals surface area contributed by atoms with E-state index in [1.165, 1.54) is 25.7 Å². The molecule has 0 unspecified atom stereocenters. The van der Waals surface area contributed by atoms with Gasteiger partial charge in [-0.1, -0.05) is 32.8 Å². The number of aliphatic hydroxyl groups is 1. The number of hydrogen-bond acceptors (Lipinski definition) is 3. The molecule has 0 saturated carbocycles. The Morgan fingerprint density at radius 3 is 2.50 bits per heavy atom. The van der Waals surface area contributed by atoms with Crippen LogP contribution < -0.4 is 5.32 Å². The first kappa shape index (κ1) is 17.6. The summed E-state index contributed by atoms with van der Waals surface area (Å²) in [6, 6.07) is 0. The molecular formula is C15H32N2O. The molecule has 0 aliphatic heterocycles. The van der Waals surface area contributed by atoms with Crippen LogP contribution in [0.25, 0.3) is 0 Å². The van der Waals surface area contributed by atoms with Crippen molar-refractivity contribution in [2.75, 3.05) is 39.3 Å². The predicted octanol–water partition coefficient (Wildman–Crippen LogP) is 2.27. The average Bonchev–Trinajstić information content (AvgIpc) is 2.32. The maximum absolute atomic E-state index is 8.92. The van der Waals surface area contributed by atoms with Gasteiger partial charge in [-0.2, -0.15) is 0 Å². The number of aliphatic hydroxyl groups excluding tert-OH is 1. The monoisotopic (exact) mass is 256 g/mol. The standard InChI is InChI=1S/C15H32N2O/c1-4-10-17(12-13-18)11-8-6-5-7-9-16-14-15(2)3/h4,15-16,18H,1,5-14H2,2-3H3. The summed E-state index contributed by atoms with van der Waals surface area (Å²) in [4.78, 5) is 2.25. The number of nitrogens with zero attached hydrogens (tertiary/aromatic N) is 1. The van der Waals surface area contributed by atoms with E-state index < -0.39 is 0 Å². The minimum absolute atomic E-state index is 0.243. The van der Waals surface area contributed by atoms with Crippen LogP contribution in [0.5, 0.6) is 0 Å². The Hall–Kier alpha value is -0.380. The molecule has 0 atom stereocenters. The second-order valence-corrected chi connectivity index (χ2v) is 5.33. The van der Waals surface area contributed by atoms with Gasteiger partial charge in [0.1, 0.15) is 0 Å².